The molecule has 2 aromatic carbocycles. The molecular weight excluding hydrogens is 532 g/mol. The molecule has 0 unspecified atom stereocenters. The van der Waals surface area contributed by atoms with Crippen LogP contribution in [0.4, 0.5) is 0 Å². The maximum atomic E-state index is 6.30. The van der Waals surface area contributed by atoms with E-state index in [4.69, 9.17) is 21.7 Å². The second kappa shape index (κ2) is 21.5. The lowest BCUT2D eigenvalue weighted by atomic mass is 9.86. The Morgan fingerprint density at radius 3 is 1.60 bits per heavy atom. The number of unbranched alkanes of at least 4 members (excludes halogenated alkanes) is 14. The molecule has 0 atom stereocenters. The summed E-state index contributed by atoms with van der Waals surface area (Å²) >= 11 is 5.74. The second-order valence-electron chi connectivity index (χ2n) is 12.9. The Bertz CT molecular complexity index is 1020. The lowest BCUT2D eigenvalue weighted by molar-refractivity contribution is 0.258. The van der Waals surface area contributed by atoms with Gasteiger partial charge in [0.2, 0.25) is 0 Å². The minimum Gasteiger partial charge on any atom is -0.490 e. The molecule has 0 aliphatic heterocycles. The van der Waals surface area contributed by atoms with E-state index in [0.717, 1.165) is 53.5 Å². The summed E-state index contributed by atoms with van der Waals surface area (Å²) in [6, 6.07) is 14.9. The minimum absolute atomic E-state index is 0.138. The van der Waals surface area contributed by atoms with Crippen LogP contribution in [0.25, 0.3) is 6.08 Å². The molecule has 0 spiro atoms. The van der Waals surface area contributed by atoms with E-state index >= 15 is 0 Å². The normalized spacial score (nSPS) is 11.7. The summed E-state index contributed by atoms with van der Waals surface area (Å²) in [6.07, 6.45) is 24.9. The van der Waals surface area contributed by atoms with Gasteiger partial charge < -0.3 is 9.47 Å². The smallest absolute Gasteiger partial charge is 0.161 e. The van der Waals surface area contributed by atoms with Crippen LogP contribution in [0.2, 0.25) is 0 Å². The molecular formula is C39H60O2S. The van der Waals surface area contributed by atoms with Crippen molar-refractivity contribution in [2.75, 3.05) is 13.2 Å². The highest BCUT2D eigenvalue weighted by Gasteiger charge is 2.13. The van der Waals surface area contributed by atoms with Crippen LogP contribution in [0, 0.1) is 0 Å². The average Bonchev–Trinajstić information content (AvgIpc) is 2.98. The summed E-state index contributed by atoms with van der Waals surface area (Å²) in [5.41, 5.74) is 3.61. The van der Waals surface area contributed by atoms with Crippen LogP contribution >= 0.6 is 12.2 Å². The van der Waals surface area contributed by atoms with E-state index in [9.17, 15) is 0 Å². The molecule has 3 heteroatoms. The zero-order valence-electron chi connectivity index (χ0n) is 27.6. The number of hydrogen-bond donors (Lipinski definition) is 0. The summed E-state index contributed by atoms with van der Waals surface area (Å²) in [4.78, 5) is 0.840. The van der Waals surface area contributed by atoms with Crippen molar-refractivity contribution < 1.29 is 9.47 Å². The first-order chi connectivity index (χ1) is 20.3. The van der Waals surface area contributed by atoms with Gasteiger partial charge in [-0.2, -0.15) is 0 Å². The standard InChI is InChI=1S/C39H60O2S/c1-6-8-10-12-14-16-18-20-30-40-36-28-22-33(32-37(36)41-31-21-19-17-15-13-11-9-7-2)23-29-38(42)34-24-26-35(27-25-34)39(3,4)5/h22-29,32H,6-21,30-31H2,1-5H3. The van der Waals surface area contributed by atoms with Gasteiger partial charge in [-0.05, 0) is 53.2 Å². The summed E-state index contributed by atoms with van der Waals surface area (Å²) in [7, 11) is 0. The van der Waals surface area contributed by atoms with Crippen molar-refractivity contribution in [2.24, 2.45) is 0 Å². The van der Waals surface area contributed by atoms with Crippen molar-refractivity contribution in [3.8, 4) is 11.5 Å². The molecule has 0 N–H and O–H groups in total. The molecule has 0 aliphatic rings. The van der Waals surface area contributed by atoms with Crippen molar-refractivity contribution in [3.05, 3.63) is 65.2 Å². The summed E-state index contributed by atoms with van der Waals surface area (Å²) in [5, 5.41) is 0. The van der Waals surface area contributed by atoms with Crippen LogP contribution in [0.5, 0.6) is 11.5 Å². The summed E-state index contributed by atoms with van der Waals surface area (Å²) in [5.74, 6) is 1.70. The van der Waals surface area contributed by atoms with Gasteiger partial charge in [0.1, 0.15) is 0 Å². The molecule has 2 nitrogen and oxygen atoms in total. The molecule has 0 amide bonds. The Labute approximate surface area is 264 Å². The number of benzene rings is 2. The molecule has 0 saturated heterocycles. The highest BCUT2D eigenvalue weighted by atomic mass is 32.1. The monoisotopic (exact) mass is 592 g/mol. The number of rotatable bonds is 23. The van der Waals surface area contributed by atoms with E-state index in [1.165, 1.54) is 95.5 Å². The fourth-order valence-electron chi connectivity index (χ4n) is 5.10. The Morgan fingerprint density at radius 2 is 1.10 bits per heavy atom. The zero-order chi connectivity index (χ0) is 30.5. The molecule has 0 aromatic heterocycles. The molecule has 2 rings (SSSR count). The first-order valence-corrected chi connectivity index (χ1v) is 17.5. The van der Waals surface area contributed by atoms with Crippen LogP contribution in [0.1, 0.15) is 154 Å². The van der Waals surface area contributed by atoms with Crippen molar-refractivity contribution >= 4 is 23.2 Å². The average molecular weight is 593 g/mol. The Morgan fingerprint density at radius 1 is 0.619 bits per heavy atom. The van der Waals surface area contributed by atoms with Crippen molar-refractivity contribution in [1.29, 1.82) is 0 Å². The van der Waals surface area contributed by atoms with Crippen LogP contribution in [0.15, 0.2) is 48.5 Å². The van der Waals surface area contributed by atoms with E-state index in [2.05, 4.69) is 83.2 Å². The van der Waals surface area contributed by atoms with Crippen LogP contribution in [-0.4, -0.2) is 18.1 Å². The number of hydrogen-bond acceptors (Lipinski definition) is 3. The third-order valence-corrected chi connectivity index (χ3v) is 8.31. The van der Waals surface area contributed by atoms with Crippen molar-refractivity contribution in [1.82, 2.24) is 0 Å². The third-order valence-electron chi connectivity index (χ3n) is 7.94. The van der Waals surface area contributed by atoms with Gasteiger partial charge in [0, 0.05) is 4.86 Å². The van der Waals surface area contributed by atoms with Gasteiger partial charge in [0.05, 0.1) is 13.2 Å². The van der Waals surface area contributed by atoms with Gasteiger partial charge in [0.15, 0.2) is 11.5 Å². The van der Waals surface area contributed by atoms with E-state index in [1.807, 2.05) is 6.08 Å². The fourth-order valence-corrected chi connectivity index (χ4v) is 5.30. The van der Waals surface area contributed by atoms with E-state index in [1.54, 1.807) is 0 Å². The molecule has 42 heavy (non-hydrogen) atoms. The van der Waals surface area contributed by atoms with Gasteiger partial charge in [-0.1, -0.05) is 173 Å². The highest BCUT2D eigenvalue weighted by molar-refractivity contribution is 7.81. The van der Waals surface area contributed by atoms with Crippen molar-refractivity contribution in [2.45, 2.75) is 143 Å². The van der Waals surface area contributed by atoms with Gasteiger partial charge in [-0.3, -0.25) is 0 Å². The number of ether oxygens (including phenoxy) is 2. The quantitative estimate of drug-likeness (QED) is 0.0553. The van der Waals surface area contributed by atoms with Gasteiger partial charge >= 0.3 is 0 Å². The Hall–Kier alpha value is -2.13. The van der Waals surface area contributed by atoms with Crippen LogP contribution in [-0.2, 0) is 5.41 Å². The minimum atomic E-state index is 0.138. The maximum absolute atomic E-state index is 6.30. The molecule has 0 saturated carbocycles. The number of thiocarbonyl (C=S) groups is 1. The largest absolute Gasteiger partial charge is 0.490 e. The van der Waals surface area contributed by atoms with Gasteiger partial charge in [-0.25, -0.2) is 0 Å². The van der Waals surface area contributed by atoms with E-state index in [-0.39, 0.29) is 5.41 Å². The molecule has 0 fully saturated rings. The second-order valence-corrected chi connectivity index (χ2v) is 13.3. The predicted molar refractivity (Wildman–Crippen MR) is 189 cm³/mol. The first kappa shape index (κ1) is 36.1. The van der Waals surface area contributed by atoms with Gasteiger partial charge in [-0.15, -0.1) is 0 Å². The lowest BCUT2D eigenvalue weighted by Gasteiger charge is -2.19. The van der Waals surface area contributed by atoms with Crippen LogP contribution < -0.4 is 9.47 Å². The lowest BCUT2D eigenvalue weighted by Crippen LogP contribution is -2.10. The predicted octanol–water partition coefficient (Wildman–Crippen LogP) is 12.5. The third kappa shape index (κ3) is 15.4. The molecule has 0 radical (unpaired) electrons. The van der Waals surface area contributed by atoms with E-state index < -0.39 is 0 Å². The van der Waals surface area contributed by atoms with Gasteiger partial charge in [0.25, 0.3) is 0 Å². The molecule has 0 bridgehead atoms. The van der Waals surface area contributed by atoms with Crippen molar-refractivity contribution in [3.63, 3.8) is 0 Å². The molecule has 2 aromatic rings. The molecule has 0 aliphatic carbocycles. The SMILES string of the molecule is CCCCCCCCCCOc1ccc(C=CC(=S)c2ccc(C(C)(C)C)cc2)cc1OCCCCCCCCCC. The maximum Gasteiger partial charge on any atom is 0.161 e. The summed E-state index contributed by atoms with van der Waals surface area (Å²) < 4.78 is 12.5. The van der Waals surface area contributed by atoms with Crippen LogP contribution in [0.3, 0.4) is 0 Å². The fraction of sp³-hybridized carbons (Fsp3) is 0.615. The molecule has 0 heterocycles. The summed E-state index contributed by atoms with van der Waals surface area (Å²) in [6.45, 7) is 12.7. The topological polar surface area (TPSA) is 18.5 Å². The Kier molecular flexibility index (Phi) is 18.5. The Balaban J connectivity index is 1.93. The highest BCUT2D eigenvalue weighted by Crippen LogP contribution is 2.30. The van der Waals surface area contributed by atoms with E-state index in [0.29, 0.717) is 0 Å². The molecule has 234 valence electrons. The number of allylic oxidation sites excluding steroid dienone is 1. The zero-order valence-corrected chi connectivity index (χ0v) is 28.5. The first-order valence-electron chi connectivity index (χ1n) is 17.1.